The van der Waals surface area contributed by atoms with E-state index in [-0.39, 0.29) is 5.56 Å². The van der Waals surface area contributed by atoms with E-state index in [4.69, 9.17) is 10.5 Å². The van der Waals surface area contributed by atoms with E-state index in [1.165, 1.54) is 6.07 Å². The van der Waals surface area contributed by atoms with Crippen LogP contribution in [0.5, 0.6) is 0 Å². The first-order chi connectivity index (χ1) is 8.66. The standard InChI is InChI=1S/C13H17F2NOS/c14-9-1-2-12(15)11(7-9)13(16)8-18-10-3-5-17-6-4-10/h1-2,7,10,13H,3-6,8,16H2. The Morgan fingerprint density at radius 1 is 1.33 bits per heavy atom. The first kappa shape index (κ1) is 13.8. The van der Waals surface area contributed by atoms with E-state index >= 15 is 0 Å². The van der Waals surface area contributed by atoms with Gasteiger partial charge in [0.2, 0.25) is 0 Å². The molecule has 0 saturated carbocycles. The zero-order valence-corrected chi connectivity index (χ0v) is 10.9. The van der Waals surface area contributed by atoms with Crippen molar-refractivity contribution in [3.8, 4) is 0 Å². The molecule has 1 aliphatic heterocycles. The fraction of sp³-hybridized carbons (Fsp3) is 0.538. The van der Waals surface area contributed by atoms with Crippen molar-refractivity contribution in [2.75, 3.05) is 19.0 Å². The highest BCUT2D eigenvalue weighted by Gasteiger charge is 2.18. The van der Waals surface area contributed by atoms with E-state index in [0.29, 0.717) is 11.0 Å². The third-order valence-electron chi connectivity index (χ3n) is 3.04. The maximum absolute atomic E-state index is 13.5. The fourth-order valence-corrected chi connectivity index (χ4v) is 3.16. The van der Waals surface area contributed by atoms with E-state index in [1.807, 2.05) is 0 Å². The number of hydrogen-bond donors (Lipinski definition) is 1. The summed E-state index contributed by atoms with van der Waals surface area (Å²) in [4.78, 5) is 0. The summed E-state index contributed by atoms with van der Waals surface area (Å²) >= 11 is 1.72. The Bertz CT molecular complexity index is 397. The third-order valence-corrected chi connectivity index (χ3v) is 4.53. The van der Waals surface area contributed by atoms with E-state index in [9.17, 15) is 8.78 Å². The minimum atomic E-state index is -0.464. The van der Waals surface area contributed by atoms with Crippen LogP contribution in [0.3, 0.4) is 0 Å². The summed E-state index contributed by atoms with van der Waals surface area (Å²) < 4.78 is 31.8. The first-order valence-electron chi connectivity index (χ1n) is 6.06. The van der Waals surface area contributed by atoms with Gasteiger partial charge in [-0.3, -0.25) is 0 Å². The molecule has 1 atom stereocenters. The van der Waals surface area contributed by atoms with Gasteiger partial charge in [-0.05, 0) is 31.0 Å². The molecule has 2 N–H and O–H groups in total. The summed E-state index contributed by atoms with van der Waals surface area (Å²) in [6.07, 6.45) is 2.01. The molecule has 1 heterocycles. The lowest BCUT2D eigenvalue weighted by Crippen LogP contribution is -2.21. The summed E-state index contributed by atoms with van der Waals surface area (Å²) in [6.45, 7) is 1.56. The molecule has 1 fully saturated rings. The molecule has 18 heavy (non-hydrogen) atoms. The molecule has 1 aromatic rings. The Morgan fingerprint density at radius 3 is 2.78 bits per heavy atom. The smallest absolute Gasteiger partial charge is 0.128 e. The van der Waals surface area contributed by atoms with Crippen molar-refractivity contribution in [1.29, 1.82) is 0 Å². The van der Waals surface area contributed by atoms with E-state index in [1.54, 1.807) is 11.8 Å². The molecule has 2 nitrogen and oxygen atoms in total. The zero-order chi connectivity index (χ0) is 13.0. The van der Waals surface area contributed by atoms with Gasteiger partial charge >= 0.3 is 0 Å². The van der Waals surface area contributed by atoms with Gasteiger partial charge in [0.15, 0.2) is 0 Å². The van der Waals surface area contributed by atoms with Gasteiger partial charge in [0.1, 0.15) is 11.6 Å². The third kappa shape index (κ3) is 3.67. The Hall–Kier alpha value is -0.650. The van der Waals surface area contributed by atoms with Crippen LogP contribution >= 0.6 is 11.8 Å². The second-order valence-electron chi connectivity index (χ2n) is 4.42. The Kier molecular flexibility index (Phi) is 4.97. The minimum absolute atomic E-state index is 0.259. The number of ether oxygens (including phenoxy) is 1. The molecular weight excluding hydrogens is 256 g/mol. The maximum atomic E-state index is 13.5. The molecule has 0 aromatic heterocycles. The van der Waals surface area contributed by atoms with Crippen LogP contribution < -0.4 is 5.73 Å². The minimum Gasteiger partial charge on any atom is -0.381 e. The van der Waals surface area contributed by atoms with Crippen molar-refractivity contribution in [2.24, 2.45) is 5.73 Å². The number of rotatable bonds is 4. The van der Waals surface area contributed by atoms with Gasteiger partial charge in [0, 0.05) is 35.8 Å². The molecule has 0 aliphatic carbocycles. The van der Waals surface area contributed by atoms with Gasteiger partial charge in [0.25, 0.3) is 0 Å². The van der Waals surface area contributed by atoms with Gasteiger partial charge < -0.3 is 10.5 Å². The average molecular weight is 273 g/mol. The molecular formula is C13H17F2NOS. The van der Waals surface area contributed by atoms with Crippen molar-refractivity contribution >= 4 is 11.8 Å². The van der Waals surface area contributed by atoms with Crippen LogP contribution in [0, 0.1) is 11.6 Å². The fourth-order valence-electron chi connectivity index (χ4n) is 1.97. The number of halogens is 2. The van der Waals surface area contributed by atoms with Crippen molar-refractivity contribution in [3.05, 3.63) is 35.4 Å². The molecule has 5 heteroatoms. The SMILES string of the molecule is NC(CSC1CCOCC1)c1cc(F)ccc1F. The Balaban J connectivity index is 1.90. The summed E-state index contributed by atoms with van der Waals surface area (Å²) in [5.74, 6) is -0.278. The highest BCUT2D eigenvalue weighted by Crippen LogP contribution is 2.27. The molecule has 100 valence electrons. The van der Waals surface area contributed by atoms with Crippen molar-refractivity contribution in [1.82, 2.24) is 0 Å². The molecule has 0 spiro atoms. The molecule has 1 unspecified atom stereocenters. The highest BCUT2D eigenvalue weighted by atomic mass is 32.2. The Labute approximate surface area is 110 Å². The molecule has 1 saturated heterocycles. The van der Waals surface area contributed by atoms with Gasteiger partial charge in [-0.2, -0.15) is 11.8 Å². The summed E-state index contributed by atoms with van der Waals surface area (Å²) in [5.41, 5.74) is 6.18. The largest absolute Gasteiger partial charge is 0.381 e. The molecule has 2 rings (SSSR count). The predicted octanol–water partition coefficient (Wildman–Crippen LogP) is 2.88. The number of thioether (sulfide) groups is 1. The summed E-state index contributed by atoms with van der Waals surface area (Å²) in [6, 6.07) is 2.96. The molecule has 1 aromatic carbocycles. The van der Waals surface area contributed by atoms with Crippen molar-refractivity contribution < 1.29 is 13.5 Å². The quantitative estimate of drug-likeness (QED) is 0.916. The molecule has 1 aliphatic rings. The molecule has 0 amide bonds. The lowest BCUT2D eigenvalue weighted by Gasteiger charge is -2.23. The molecule has 0 bridgehead atoms. The monoisotopic (exact) mass is 273 g/mol. The Morgan fingerprint density at radius 2 is 2.06 bits per heavy atom. The van der Waals surface area contributed by atoms with E-state index in [2.05, 4.69) is 0 Å². The van der Waals surface area contributed by atoms with E-state index in [0.717, 1.165) is 38.2 Å². The lowest BCUT2D eigenvalue weighted by molar-refractivity contribution is 0.1000. The zero-order valence-electron chi connectivity index (χ0n) is 10.1. The number of nitrogens with two attached hydrogens (primary N) is 1. The van der Waals surface area contributed by atoms with Crippen LogP contribution in [-0.4, -0.2) is 24.2 Å². The maximum Gasteiger partial charge on any atom is 0.128 e. The second kappa shape index (κ2) is 6.50. The van der Waals surface area contributed by atoms with Gasteiger partial charge in [-0.1, -0.05) is 0 Å². The van der Waals surface area contributed by atoms with Gasteiger partial charge in [-0.15, -0.1) is 0 Å². The second-order valence-corrected chi connectivity index (χ2v) is 5.75. The van der Waals surface area contributed by atoms with Crippen molar-refractivity contribution in [2.45, 2.75) is 24.1 Å². The molecule has 0 radical (unpaired) electrons. The van der Waals surface area contributed by atoms with Gasteiger partial charge in [0.05, 0.1) is 0 Å². The predicted molar refractivity (Wildman–Crippen MR) is 69.6 cm³/mol. The van der Waals surface area contributed by atoms with Crippen LogP contribution in [0.25, 0.3) is 0 Å². The first-order valence-corrected chi connectivity index (χ1v) is 7.11. The van der Waals surface area contributed by atoms with E-state index < -0.39 is 17.7 Å². The van der Waals surface area contributed by atoms with Crippen LogP contribution in [-0.2, 0) is 4.74 Å². The van der Waals surface area contributed by atoms with Crippen LogP contribution in [0.2, 0.25) is 0 Å². The van der Waals surface area contributed by atoms with Crippen molar-refractivity contribution in [3.63, 3.8) is 0 Å². The average Bonchev–Trinajstić information content (AvgIpc) is 2.40. The van der Waals surface area contributed by atoms with Gasteiger partial charge in [-0.25, -0.2) is 8.78 Å². The lowest BCUT2D eigenvalue weighted by atomic mass is 10.1. The van der Waals surface area contributed by atoms with Crippen LogP contribution in [0.4, 0.5) is 8.78 Å². The number of hydrogen-bond acceptors (Lipinski definition) is 3. The van der Waals surface area contributed by atoms with Crippen LogP contribution in [0.1, 0.15) is 24.4 Å². The summed E-state index contributed by atoms with van der Waals surface area (Å²) in [5, 5.41) is 0.515. The van der Waals surface area contributed by atoms with Crippen LogP contribution in [0.15, 0.2) is 18.2 Å². The number of benzene rings is 1. The summed E-state index contributed by atoms with van der Waals surface area (Å²) in [7, 11) is 0. The topological polar surface area (TPSA) is 35.2 Å². The highest BCUT2D eigenvalue weighted by molar-refractivity contribution is 7.99. The normalized spacial score (nSPS) is 18.8.